The molecule has 0 N–H and O–H groups in total. The molecule has 18 heteroatoms. The third-order valence-electron chi connectivity index (χ3n) is 13.0. The van der Waals surface area contributed by atoms with Crippen molar-refractivity contribution in [2.24, 2.45) is 0 Å². The minimum atomic E-state index is -1.25. The number of thiophene rings is 1. The van der Waals surface area contributed by atoms with Crippen molar-refractivity contribution in [3.05, 3.63) is 125 Å². The van der Waals surface area contributed by atoms with Gasteiger partial charge in [0.15, 0.2) is 11.6 Å². The molecule has 4 aliphatic heterocycles. The van der Waals surface area contributed by atoms with Crippen molar-refractivity contribution < 1.29 is 47.1 Å². The highest BCUT2D eigenvalue weighted by Gasteiger charge is 2.34. The second-order valence-electron chi connectivity index (χ2n) is 20.4. The molecule has 0 aliphatic carbocycles. The summed E-state index contributed by atoms with van der Waals surface area (Å²) in [5.74, 6) is 1.21. The number of rotatable bonds is 11. The zero-order valence-corrected chi connectivity index (χ0v) is 44.6. The molecule has 2 saturated heterocycles. The average molecular weight is 1060 g/mol. The third-order valence-corrected chi connectivity index (χ3v) is 14.6. The van der Waals surface area contributed by atoms with Gasteiger partial charge in [0.05, 0.1) is 22.7 Å². The Morgan fingerprint density at radius 2 is 1.67 bits per heavy atom. The number of aromatic nitrogens is 4. The first kappa shape index (κ1) is 52.0. The number of piperazine rings is 1. The van der Waals surface area contributed by atoms with Crippen LogP contribution in [0.15, 0.2) is 97.5 Å². The summed E-state index contributed by atoms with van der Waals surface area (Å²) in [4.78, 5) is 39.4. The van der Waals surface area contributed by atoms with E-state index in [1.165, 1.54) is 29.8 Å². The van der Waals surface area contributed by atoms with E-state index >= 15 is 0 Å². The summed E-state index contributed by atoms with van der Waals surface area (Å²) >= 11 is 8.73. The number of hydrogen-bond donors (Lipinski definition) is 0. The summed E-state index contributed by atoms with van der Waals surface area (Å²) < 4.78 is 65.0. The Hall–Kier alpha value is -6.47. The topological polar surface area (TPSA) is 149 Å². The first-order valence-electron chi connectivity index (χ1n) is 25.1. The van der Waals surface area contributed by atoms with Gasteiger partial charge in [0, 0.05) is 66.9 Å². The molecule has 4 bridgehead atoms. The number of ether oxygens (including phenoxy) is 8. The fourth-order valence-corrected chi connectivity index (χ4v) is 10.6. The monoisotopic (exact) mass is 1060 g/mol. The maximum absolute atomic E-state index is 14.6. The summed E-state index contributed by atoms with van der Waals surface area (Å²) in [5, 5.41) is 0.970. The lowest BCUT2D eigenvalue weighted by molar-refractivity contribution is -0.163. The molecule has 11 rings (SSSR count). The molecule has 7 heterocycles. The van der Waals surface area contributed by atoms with E-state index in [2.05, 4.69) is 21.8 Å². The molecule has 392 valence electrons. The summed E-state index contributed by atoms with van der Waals surface area (Å²) in [5.41, 5.74) is 4.09. The quantitative estimate of drug-likeness (QED) is 0.113. The maximum atomic E-state index is 14.6. The summed E-state index contributed by atoms with van der Waals surface area (Å²) in [6.07, 6.45) is 1.24. The van der Waals surface area contributed by atoms with E-state index in [-0.39, 0.29) is 37.4 Å². The van der Waals surface area contributed by atoms with Crippen LogP contribution in [-0.4, -0.2) is 125 Å². The van der Waals surface area contributed by atoms with Crippen LogP contribution in [0.2, 0.25) is 5.02 Å². The smallest absolute Gasteiger partial charge is 0.348 e. The van der Waals surface area contributed by atoms with Crippen molar-refractivity contribution in [3.63, 3.8) is 0 Å². The minimum Gasteiger partial charge on any atom is -0.491 e. The van der Waals surface area contributed by atoms with Crippen LogP contribution in [0.25, 0.3) is 43.2 Å². The van der Waals surface area contributed by atoms with E-state index in [9.17, 15) is 9.18 Å². The Morgan fingerprint density at radius 1 is 0.893 bits per heavy atom. The molecule has 4 aliphatic rings. The zero-order chi connectivity index (χ0) is 52.4. The van der Waals surface area contributed by atoms with E-state index in [0.29, 0.717) is 80.6 Å². The van der Waals surface area contributed by atoms with Gasteiger partial charge in [-0.3, -0.25) is 4.90 Å². The van der Waals surface area contributed by atoms with Crippen molar-refractivity contribution in [1.82, 2.24) is 29.7 Å². The highest BCUT2D eigenvalue weighted by Crippen LogP contribution is 2.50. The van der Waals surface area contributed by atoms with Crippen LogP contribution >= 0.6 is 22.9 Å². The number of esters is 1. The molecule has 15 nitrogen and oxygen atoms in total. The molecule has 75 heavy (non-hydrogen) atoms. The van der Waals surface area contributed by atoms with Gasteiger partial charge in [0.1, 0.15) is 77.6 Å². The predicted octanol–water partition coefficient (Wildman–Crippen LogP) is 10.4. The third kappa shape index (κ3) is 12.5. The van der Waals surface area contributed by atoms with Gasteiger partial charge in [-0.05, 0) is 132 Å². The predicted molar refractivity (Wildman–Crippen MR) is 284 cm³/mol. The Kier molecular flexibility index (Phi) is 15.3. The molecule has 0 unspecified atom stereocenters. The van der Waals surface area contributed by atoms with Crippen molar-refractivity contribution >= 4 is 39.1 Å². The SMILES string of the molecule is Cc1c2ccc(c1Cl)O[C@H](CN1CCN(C)CC1)COc1ccc(OCc3ccnc(-c4ccc(OC[C@H]5COC(C)(C)O5)cc4)n3)c(c1)C[C@H](C(=O)OC(C)(C)C)Oc1ncnc3sc(-c4ccc(F)cc4)c-2c13. The average Bonchev–Trinajstić information content (AvgIpc) is 3.95. The largest absolute Gasteiger partial charge is 0.491 e. The molecule has 0 amide bonds. The highest BCUT2D eigenvalue weighted by atomic mass is 35.5. The fourth-order valence-electron chi connectivity index (χ4n) is 9.21. The number of hydrogen-bond acceptors (Lipinski definition) is 16. The normalized spacial score (nSPS) is 19.2. The Labute approximate surface area is 444 Å². The molecule has 3 atom stereocenters. The van der Waals surface area contributed by atoms with Crippen LogP contribution in [0.3, 0.4) is 0 Å². The van der Waals surface area contributed by atoms with Gasteiger partial charge in [0.2, 0.25) is 12.0 Å². The van der Waals surface area contributed by atoms with Crippen LogP contribution < -0.4 is 23.7 Å². The zero-order valence-electron chi connectivity index (χ0n) is 43.1. The first-order valence-corrected chi connectivity index (χ1v) is 26.3. The number of carbonyl (C=O) groups is 1. The van der Waals surface area contributed by atoms with Gasteiger partial charge in [-0.15, -0.1) is 11.3 Å². The van der Waals surface area contributed by atoms with Crippen molar-refractivity contribution in [3.8, 4) is 61.8 Å². The van der Waals surface area contributed by atoms with E-state index < -0.39 is 29.6 Å². The van der Waals surface area contributed by atoms with Gasteiger partial charge in [-0.25, -0.2) is 29.1 Å². The number of fused-ring (bicyclic) bond motifs is 7. The van der Waals surface area contributed by atoms with Gasteiger partial charge in [0.25, 0.3) is 0 Å². The molecular weight excluding hydrogens is 999 g/mol. The summed E-state index contributed by atoms with van der Waals surface area (Å²) in [6, 6.07) is 25.0. The van der Waals surface area contributed by atoms with E-state index in [4.69, 9.17) is 64.4 Å². The first-order chi connectivity index (χ1) is 36.0. The lowest BCUT2D eigenvalue weighted by Gasteiger charge is -2.34. The molecule has 2 fully saturated rings. The molecule has 0 spiro atoms. The van der Waals surface area contributed by atoms with E-state index in [1.54, 1.807) is 45.2 Å². The van der Waals surface area contributed by atoms with Gasteiger partial charge >= 0.3 is 5.97 Å². The molecule has 7 aromatic rings. The second kappa shape index (κ2) is 22.0. The van der Waals surface area contributed by atoms with Crippen LogP contribution in [0.4, 0.5) is 4.39 Å². The van der Waals surface area contributed by atoms with Crippen LogP contribution in [0, 0.1) is 12.7 Å². The number of halogens is 2. The van der Waals surface area contributed by atoms with Crippen molar-refractivity contribution in [1.29, 1.82) is 0 Å². The van der Waals surface area contributed by atoms with Crippen molar-refractivity contribution in [2.75, 3.05) is 59.6 Å². The fraction of sp³-hybridized carbons (Fsp3) is 0.386. The minimum absolute atomic E-state index is 0.0152. The summed E-state index contributed by atoms with van der Waals surface area (Å²) in [6.45, 7) is 16.4. The maximum Gasteiger partial charge on any atom is 0.348 e. The molecule has 0 radical (unpaired) electrons. The number of carbonyl (C=O) groups excluding carboxylic acids is 1. The van der Waals surface area contributed by atoms with E-state index in [0.717, 1.165) is 53.3 Å². The van der Waals surface area contributed by atoms with Gasteiger partial charge < -0.3 is 42.8 Å². The molecule has 3 aromatic heterocycles. The highest BCUT2D eigenvalue weighted by molar-refractivity contribution is 7.22. The lowest BCUT2D eigenvalue weighted by Crippen LogP contribution is -2.49. The Bertz CT molecular complexity index is 3160. The standard InChI is InChI=1S/C57H60ClFN6O9S/c1-34-44-17-19-46(50(34)58)71-42(28-65-24-22-64(7)23-25-65)30-68-41-16-18-45(69-29-39-20-21-60-52(63-39)36-10-14-40(15-11-36)67-31-43-32-70-57(5,6)73-43)37(26-41)27-47(55(66)74-56(2,3)4)72-53-49-48(44)51(75-54(49)62-33-61-53)35-8-12-38(59)13-9-35/h8-21,26,33,42-43,47H,22-25,27-32H2,1-7H3/t42-,43+,47-/m1/s1. The number of nitrogens with zero attached hydrogens (tertiary/aromatic N) is 6. The van der Waals surface area contributed by atoms with Crippen molar-refractivity contribution in [2.45, 2.75) is 84.3 Å². The number of likely N-dealkylation sites (N-methyl/N-ethyl adjacent to an activating group) is 1. The van der Waals surface area contributed by atoms with Crippen LogP contribution in [0.5, 0.6) is 28.9 Å². The second-order valence-corrected chi connectivity index (χ2v) is 21.8. The van der Waals surface area contributed by atoms with Gasteiger partial charge in [-0.1, -0.05) is 29.8 Å². The van der Waals surface area contributed by atoms with Gasteiger partial charge in [-0.2, -0.15) is 0 Å². The summed E-state index contributed by atoms with van der Waals surface area (Å²) in [7, 11) is 2.12. The van der Waals surface area contributed by atoms with Crippen LogP contribution in [-0.2, 0) is 32.0 Å². The molecule has 4 aromatic carbocycles. The molecule has 0 saturated carbocycles. The Balaban J connectivity index is 1.01. The molecular formula is C57H60ClFN6O9S. The van der Waals surface area contributed by atoms with E-state index in [1.807, 2.05) is 75.4 Å². The lowest BCUT2D eigenvalue weighted by atomic mass is 9.96. The Morgan fingerprint density at radius 3 is 2.41 bits per heavy atom. The number of benzene rings is 4. The van der Waals surface area contributed by atoms with Crippen LogP contribution in [0.1, 0.15) is 51.4 Å².